The minimum absolute atomic E-state index is 0.170. The van der Waals surface area contributed by atoms with Crippen LogP contribution in [-0.4, -0.2) is 42.1 Å². The first kappa shape index (κ1) is 18.7. The Morgan fingerprint density at radius 3 is 2.62 bits per heavy atom. The molecule has 0 unspecified atom stereocenters. The maximum Gasteiger partial charge on any atom is 0.164 e. The summed E-state index contributed by atoms with van der Waals surface area (Å²) in [7, 11) is 4.38. The Balaban J connectivity index is 2.02. The van der Waals surface area contributed by atoms with E-state index in [0.29, 0.717) is 0 Å². The van der Waals surface area contributed by atoms with Gasteiger partial charge in [0.05, 0.1) is 26.0 Å². The Labute approximate surface area is 159 Å². The van der Waals surface area contributed by atoms with Crippen molar-refractivity contribution >= 4 is 27.4 Å². The van der Waals surface area contributed by atoms with Gasteiger partial charge in [-0.1, -0.05) is 13.8 Å². The van der Waals surface area contributed by atoms with Crippen molar-refractivity contribution in [3.8, 4) is 11.4 Å². The van der Waals surface area contributed by atoms with Gasteiger partial charge < -0.3 is 10.2 Å². The van der Waals surface area contributed by atoms with E-state index >= 15 is 0 Å². The molecule has 0 saturated carbocycles. The first-order chi connectivity index (χ1) is 12.3. The average Bonchev–Trinajstić information content (AvgIpc) is 2.87. The van der Waals surface area contributed by atoms with E-state index in [2.05, 4.69) is 52.1 Å². The number of hydrogen-bond donors (Lipinski definition) is 2. The highest BCUT2D eigenvalue weighted by atomic mass is 32.1. The lowest BCUT2D eigenvalue weighted by atomic mass is 9.93. The van der Waals surface area contributed by atoms with Crippen LogP contribution in [0.2, 0.25) is 0 Å². The number of nitrogens with one attached hydrogen (secondary N) is 2. The molecule has 3 aromatic rings. The zero-order chi connectivity index (χ0) is 18.9. The molecule has 3 heterocycles. The van der Waals surface area contributed by atoms with Crippen LogP contribution in [0.1, 0.15) is 24.3 Å². The van der Waals surface area contributed by atoms with Crippen LogP contribution in [0.25, 0.3) is 21.6 Å². The Hall–Kier alpha value is -2.05. The fourth-order valence-electron chi connectivity index (χ4n) is 3.34. The minimum Gasteiger partial charge on any atom is -0.369 e. The van der Waals surface area contributed by atoms with Crippen LogP contribution >= 0.6 is 11.3 Å². The van der Waals surface area contributed by atoms with Gasteiger partial charge in [0.15, 0.2) is 5.82 Å². The molecular formula is C20H28N5S+. The minimum atomic E-state index is 0.170. The van der Waals surface area contributed by atoms with Crippen molar-refractivity contribution in [2.45, 2.75) is 27.7 Å². The lowest BCUT2D eigenvalue weighted by molar-refractivity contribution is -0.865. The highest BCUT2D eigenvalue weighted by Gasteiger charge is 2.23. The Bertz CT molecular complexity index is 899. The maximum atomic E-state index is 4.87. The molecule has 0 spiro atoms. The van der Waals surface area contributed by atoms with Gasteiger partial charge in [-0.2, -0.15) is 0 Å². The number of thiophene rings is 1. The van der Waals surface area contributed by atoms with Crippen LogP contribution in [0, 0.1) is 19.3 Å². The van der Waals surface area contributed by atoms with E-state index in [4.69, 9.17) is 9.97 Å². The van der Waals surface area contributed by atoms with E-state index in [-0.39, 0.29) is 5.41 Å². The van der Waals surface area contributed by atoms with E-state index < -0.39 is 0 Å². The van der Waals surface area contributed by atoms with Gasteiger partial charge in [-0.25, -0.2) is 9.97 Å². The molecule has 2 N–H and O–H groups in total. The van der Waals surface area contributed by atoms with E-state index in [9.17, 15) is 0 Å². The Morgan fingerprint density at radius 2 is 1.96 bits per heavy atom. The maximum absolute atomic E-state index is 4.87. The average molecular weight is 371 g/mol. The summed E-state index contributed by atoms with van der Waals surface area (Å²) in [5.41, 5.74) is 2.38. The molecule has 3 rings (SSSR count). The molecule has 5 nitrogen and oxygen atoms in total. The van der Waals surface area contributed by atoms with Gasteiger partial charge in [-0.05, 0) is 31.5 Å². The molecule has 0 aliphatic rings. The number of aromatic nitrogens is 3. The topological polar surface area (TPSA) is 55.1 Å². The van der Waals surface area contributed by atoms with Crippen LogP contribution in [0.3, 0.4) is 0 Å². The van der Waals surface area contributed by atoms with E-state index in [0.717, 1.165) is 40.5 Å². The standard InChI is InChI=1S/C20H27N5S/c1-13-14(2)26-19-16(13)18(22-11-20(3,4)12-25(5)6)23-17(24-19)15-8-7-9-21-10-15/h7-10H,11-12H2,1-6H3,(H,22,23,24)/p+1. The molecule has 6 heteroatoms. The molecule has 26 heavy (non-hydrogen) atoms. The number of nitrogens with zero attached hydrogens (tertiary/aromatic N) is 3. The van der Waals surface area contributed by atoms with Crippen molar-refractivity contribution in [3.63, 3.8) is 0 Å². The van der Waals surface area contributed by atoms with E-state index in [1.54, 1.807) is 17.5 Å². The fourth-order valence-corrected chi connectivity index (χ4v) is 4.37. The summed E-state index contributed by atoms with van der Waals surface area (Å²) >= 11 is 1.73. The van der Waals surface area contributed by atoms with Gasteiger partial charge in [0.1, 0.15) is 10.6 Å². The molecule has 0 bridgehead atoms. The Morgan fingerprint density at radius 1 is 1.19 bits per heavy atom. The number of anilines is 1. The summed E-state index contributed by atoms with van der Waals surface area (Å²) < 4.78 is 0. The third-order valence-corrected chi connectivity index (χ3v) is 5.62. The number of rotatable bonds is 6. The summed E-state index contributed by atoms with van der Waals surface area (Å²) in [5, 5.41) is 4.77. The van der Waals surface area contributed by atoms with Gasteiger partial charge in [-0.3, -0.25) is 4.98 Å². The molecule has 0 atom stereocenters. The number of fused-ring (bicyclic) bond motifs is 1. The first-order valence-electron chi connectivity index (χ1n) is 8.98. The van der Waals surface area contributed by atoms with Crippen LogP contribution in [0.5, 0.6) is 0 Å². The van der Waals surface area contributed by atoms with Crippen molar-refractivity contribution in [3.05, 3.63) is 35.0 Å². The van der Waals surface area contributed by atoms with Gasteiger partial charge in [0, 0.05) is 34.8 Å². The summed E-state index contributed by atoms with van der Waals surface area (Å²) in [6.45, 7) is 10.8. The summed E-state index contributed by atoms with van der Waals surface area (Å²) in [4.78, 5) is 17.7. The van der Waals surface area contributed by atoms with Crippen LogP contribution in [0.4, 0.5) is 5.82 Å². The first-order valence-corrected chi connectivity index (χ1v) is 9.79. The summed E-state index contributed by atoms with van der Waals surface area (Å²) in [6.07, 6.45) is 3.59. The van der Waals surface area contributed by atoms with Crippen LogP contribution in [0.15, 0.2) is 24.5 Å². The normalized spacial score (nSPS) is 12.1. The number of quaternary nitrogens is 1. The third-order valence-electron chi connectivity index (χ3n) is 4.51. The van der Waals surface area contributed by atoms with Crippen molar-refractivity contribution in [1.29, 1.82) is 0 Å². The molecule has 0 saturated heterocycles. The molecule has 0 aromatic carbocycles. The fraction of sp³-hybridized carbons (Fsp3) is 0.450. The summed E-state index contributed by atoms with van der Waals surface area (Å²) in [5.74, 6) is 1.66. The predicted octanol–water partition coefficient (Wildman–Crippen LogP) is 2.95. The number of aryl methyl sites for hydroxylation is 2. The smallest absolute Gasteiger partial charge is 0.164 e. The SMILES string of the molecule is Cc1sc2nc(-c3cccnc3)nc(NCC(C)(C)C[NH+](C)C)c2c1C. The molecule has 0 amide bonds. The van der Waals surface area contributed by atoms with Crippen molar-refractivity contribution < 1.29 is 4.90 Å². The zero-order valence-electron chi connectivity index (χ0n) is 16.5. The molecule has 0 radical (unpaired) electrons. The van der Waals surface area contributed by atoms with Gasteiger partial charge >= 0.3 is 0 Å². The molecule has 138 valence electrons. The van der Waals surface area contributed by atoms with Gasteiger partial charge in [0.2, 0.25) is 0 Å². The lowest BCUT2D eigenvalue weighted by Gasteiger charge is -2.26. The molecule has 0 fully saturated rings. The number of hydrogen-bond acceptors (Lipinski definition) is 5. The third kappa shape index (κ3) is 4.02. The van der Waals surface area contributed by atoms with Crippen molar-refractivity contribution in [2.24, 2.45) is 5.41 Å². The second kappa shape index (κ2) is 7.29. The largest absolute Gasteiger partial charge is 0.369 e. The zero-order valence-corrected chi connectivity index (χ0v) is 17.3. The van der Waals surface area contributed by atoms with E-state index in [1.165, 1.54) is 15.3 Å². The van der Waals surface area contributed by atoms with Crippen molar-refractivity contribution in [1.82, 2.24) is 15.0 Å². The van der Waals surface area contributed by atoms with Crippen LogP contribution in [-0.2, 0) is 0 Å². The second-order valence-electron chi connectivity index (χ2n) is 8.00. The quantitative estimate of drug-likeness (QED) is 0.700. The van der Waals surface area contributed by atoms with Crippen molar-refractivity contribution in [2.75, 3.05) is 32.5 Å². The van der Waals surface area contributed by atoms with Crippen LogP contribution < -0.4 is 10.2 Å². The second-order valence-corrected chi connectivity index (χ2v) is 9.21. The molecule has 3 aromatic heterocycles. The Kier molecular flexibility index (Phi) is 5.25. The van der Waals surface area contributed by atoms with E-state index in [1.807, 2.05) is 18.3 Å². The molecular weight excluding hydrogens is 342 g/mol. The highest BCUT2D eigenvalue weighted by molar-refractivity contribution is 7.18. The molecule has 0 aliphatic heterocycles. The lowest BCUT2D eigenvalue weighted by Crippen LogP contribution is -3.07. The molecule has 0 aliphatic carbocycles. The monoisotopic (exact) mass is 370 g/mol. The predicted molar refractivity (Wildman–Crippen MR) is 110 cm³/mol. The number of pyridine rings is 1. The van der Waals surface area contributed by atoms with Gasteiger partial charge in [0.25, 0.3) is 0 Å². The summed E-state index contributed by atoms with van der Waals surface area (Å²) in [6, 6.07) is 3.93. The highest BCUT2D eigenvalue weighted by Crippen LogP contribution is 2.35. The van der Waals surface area contributed by atoms with Gasteiger partial charge in [-0.15, -0.1) is 11.3 Å².